The van der Waals surface area contributed by atoms with Gasteiger partial charge in [-0.3, -0.25) is 13.7 Å². The monoisotopic (exact) mass is 757 g/mol. The van der Waals surface area contributed by atoms with Crippen LogP contribution in [0.2, 0.25) is 0 Å². The smallest absolute Gasteiger partial charge is 0.297 e. The molecule has 258 valence electrons. The second-order valence-corrected chi connectivity index (χ2v) is 16.9. The van der Waals surface area contributed by atoms with E-state index in [9.17, 15) is 29.8 Å². The van der Waals surface area contributed by atoms with Gasteiger partial charge >= 0.3 is 0 Å². The summed E-state index contributed by atoms with van der Waals surface area (Å²) in [6, 6.07) is 13.2. The van der Waals surface area contributed by atoms with E-state index in [4.69, 9.17) is 13.8 Å². The largest absolute Gasteiger partial charge is 0.496 e. The minimum Gasteiger partial charge on any atom is -0.496 e. The van der Waals surface area contributed by atoms with Gasteiger partial charge in [0.05, 0.1) is 24.3 Å². The van der Waals surface area contributed by atoms with E-state index >= 15 is 0 Å². The van der Waals surface area contributed by atoms with E-state index in [2.05, 4.69) is 25.2 Å². The Labute approximate surface area is 286 Å². The number of fused-ring (bicyclic) bond motifs is 1. The minimum atomic E-state index is -4.64. The molecular formula is C28H31N5O10S5. The van der Waals surface area contributed by atoms with Gasteiger partial charge in [-0.05, 0) is 42.8 Å². The molecule has 0 unspecified atom stereocenters. The predicted octanol–water partition coefficient (Wildman–Crippen LogP) is 5.33. The zero-order chi connectivity index (χ0) is 35.1. The molecule has 1 aromatic heterocycles. The van der Waals surface area contributed by atoms with E-state index in [0.717, 1.165) is 23.5 Å². The lowest BCUT2D eigenvalue weighted by Gasteiger charge is -2.12. The molecule has 4 aromatic rings. The van der Waals surface area contributed by atoms with Crippen LogP contribution >= 0.6 is 23.5 Å². The fraction of sp³-hybridized carbons (Fsp3) is 0.321. The molecule has 3 N–H and O–H groups in total. The molecule has 15 nitrogen and oxygen atoms in total. The number of rotatable bonds is 16. The van der Waals surface area contributed by atoms with Crippen LogP contribution in [0.15, 0.2) is 74.0 Å². The number of benzene rings is 3. The molecule has 0 amide bonds. The van der Waals surface area contributed by atoms with E-state index in [1.165, 1.54) is 13.2 Å². The van der Waals surface area contributed by atoms with Crippen molar-refractivity contribution in [3.63, 3.8) is 0 Å². The predicted molar refractivity (Wildman–Crippen MR) is 182 cm³/mol. The van der Waals surface area contributed by atoms with Crippen molar-refractivity contribution in [3.05, 3.63) is 65.5 Å². The molecular weight excluding hydrogens is 727 g/mol. The molecule has 0 saturated carbocycles. The maximum atomic E-state index is 12.3. The van der Waals surface area contributed by atoms with Crippen molar-refractivity contribution in [1.82, 2.24) is 15.0 Å². The molecule has 0 bridgehead atoms. The van der Waals surface area contributed by atoms with Gasteiger partial charge < -0.3 is 4.74 Å². The third kappa shape index (κ3) is 11.2. The Morgan fingerprint density at radius 2 is 1.35 bits per heavy atom. The summed E-state index contributed by atoms with van der Waals surface area (Å²) in [5, 5.41) is 9.89. The summed E-state index contributed by atoms with van der Waals surface area (Å²) >= 11 is 2.32. The van der Waals surface area contributed by atoms with Crippen LogP contribution in [0.3, 0.4) is 0 Å². The molecule has 3 aromatic carbocycles. The van der Waals surface area contributed by atoms with Gasteiger partial charge in [-0.2, -0.15) is 35.4 Å². The number of nitrogens with zero attached hydrogens (tertiary/aromatic N) is 5. The van der Waals surface area contributed by atoms with Gasteiger partial charge in [0.25, 0.3) is 30.4 Å². The van der Waals surface area contributed by atoms with Crippen LogP contribution in [0.4, 0.5) is 11.4 Å². The van der Waals surface area contributed by atoms with Crippen molar-refractivity contribution in [1.29, 1.82) is 0 Å². The second kappa shape index (κ2) is 16.0. The van der Waals surface area contributed by atoms with Gasteiger partial charge in [-0.1, -0.05) is 53.9 Å². The maximum absolute atomic E-state index is 12.3. The summed E-state index contributed by atoms with van der Waals surface area (Å²) in [4.78, 5) is 13.0. The van der Waals surface area contributed by atoms with Gasteiger partial charge in [0.1, 0.15) is 22.2 Å². The second-order valence-electron chi connectivity index (χ2n) is 10.2. The Morgan fingerprint density at radius 3 is 1.92 bits per heavy atom. The number of thioether (sulfide) groups is 2. The van der Waals surface area contributed by atoms with Crippen LogP contribution in [0.25, 0.3) is 10.8 Å². The first-order valence-corrected chi connectivity index (χ1v) is 20.6. The van der Waals surface area contributed by atoms with Crippen molar-refractivity contribution in [2.24, 2.45) is 10.2 Å². The highest BCUT2D eigenvalue weighted by molar-refractivity contribution is 7.99. The van der Waals surface area contributed by atoms with Crippen molar-refractivity contribution >= 4 is 76.0 Å². The Balaban J connectivity index is 1.62. The number of azo groups is 1. The lowest BCUT2D eigenvalue weighted by atomic mass is 10.1. The summed E-state index contributed by atoms with van der Waals surface area (Å²) in [7, 11) is -11.4. The van der Waals surface area contributed by atoms with Gasteiger partial charge in [0.15, 0.2) is 10.3 Å². The lowest BCUT2D eigenvalue weighted by Crippen LogP contribution is -2.07. The average Bonchev–Trinajstić information content (AvgIpc) is 2.99. The molecule has 0 aliphatic carbocycles. The van der Waals surface area contributed by atoms with Gasteiger partial charge in [-0.15, -0.1) is 5.11 Å². The summed E-state index contributed by atoms with van der Waals surface area (Å²) in [6.07, 6.45) is 0.462. The molecule has 0 aliphatic heterocycles. The highest BCUT2D eigenvalue weighted by Crippen LogP contribution is 2.36. The third-order valence-corrected chi connectivity index (χ3v) is 10.9. The van der Waals surface area contributed by atoms with Crippen LogP contribution < -0.4 is 4.74 Å². The molecule has 1 heterocycles. The van der Waals surface area contributed by atoms with Gasteiger partial charge in [0.2, 0.25) is 0 Å². The number of aryl methyl sites for hydroxylation is 1. The van der Waals surface area contributed by atoms with E-state index in [-0.39, 0.29) is 41.4 Å². The summed E-state index contributed by atoms with van der Waals surface area (Å²) < 4.78 is 102. The van der Waals surface area contributed by atoms with E-state index < -0.39 is 41.9 Å². The topological polar surface area (TPSA) is 236 Å². The molecule has 0 aliphatic rings. The number of aromatic nitrogens is 3. The maximum Gasteiger partial charge on any atom is 0.297 e. The molecule has 0 radical (unpaired) electrons. The van der Waals surface area contributed by atoms with E-state index in [1.807, 2.05) is 0 Å². The van der Waals surface area contributed by atoms with Crippen molar-refractivity contribution < 1.29 is 43.6 Å². The van der Waals surface area contributed by atoms with Gasteiger partial charge in [0, 0.05) is 34.9 Å². The molecule has 4 rings (SSSR count). The standard InChI is InChI=1S/C28H31N5O10S5/c1-18-15-20(16-25-29-27(44-11-5-13-46(34,35)36)31-28(30-25)45-12-6-14-47(37,38)39)24(43-2)17-23(18)33-32-22-10-9-19-7-3-4-8-21(19)26(22)48(40,41)42/h3-4,7-10,15,17H,5-6,11-14,16H2,1-2H3,(H,34,35,36)(H,37,38,39)(H,40,41,42). The minimum absolute atomic E-state index is 0.0490. The quantitative estimate of drug-likeness (QED) is 0.0566. The van der Waals surface area contributed by atoms with Crippen LogP contribution in [0.5, 0.6) is 5.75 Å². The van der Waals surface area contributed by atoms with Crippen LogP contribution in [-0.4, -0.2) is 84.0 Å². The lowest BCUT2D eigenvalue weighted by molar-refractivity contribution is 0.410. The number of ether oxygens (including phenoxy) is 1. The van der Waals surface area contributed by atoms with Crippen LogP contribution in [-0.2, 0) is 36.8 Å². The number of hydrogen-bond donors (Lipinski definition) is 3. The molecule has 0 atom stereocenters. The Hall–Kier alpha value is -3.24. The molecule has 0 fully saturated rings. The normalized spacial score (nSPS) is 12.6. The fourth-order valence-electron chi connectivity index (χ4n) is 4.43. The molecule has 20 heteroatoms. The zero-order valence-electron chi connectivity index (χ0n) is 25.5. The van der Waals surface area contributed by atoms with Crippen LogP contribution in [0, 0.1) is 6.92 Å². The fourth-order valence-corrected chi connectivity index (χ4v) is 8.29. The molecule has 48 heavy (non-hydrogen) atoms. The average molecular weight is 758 g/mol. The first-order valence-electron chi connectivity index (χ1n) is 14.0. The van der Waals surface area contributed by atoms with Crippen molar-refractivity contribution in [2.75, 3.05) is 30.1 Å². The number of hydrogen-bond acceptors (Lipinski definition) is 14. The van der Waals surface area contributed by atoms with Gasteiger partial charge in [-0.25, -0.2) is 9.97 Å². The van der Waals surface area contributed by atoms with Crippen LogP contribution in [0.1, 0.15) is 29.8 Å². The highest BCUT2D eigenvalue weighted by atomic mass is 32.2. The van der Waals surface area contributed by atoms with E-state index in [1.54, 1.807) is 49.4 Å². The Bertz CT molecular complexity index is 2110. The summed E-state index contributed by atoms with van der Waals surface area (Å²) in [5.74, 6) is 0.457. The number of methoxy groups -OCH3 is 1. The zero-order valence-corrected chi connectivity index (χ0v) is 29.6. The molecule has 0 saturated heterocycles. The van der Waals surface area contributed by atoms with Crippen molar-refractivity contribution in [2.45, 2.75) is 41.4 Å². The third-order valence-electron chi connectivity index (χ3n) is 6.53. The Kier molecular flexibility index (Phi) is 12.5. The summed E-state index contributed by atoms with van der Waals surface area (Å²) in [5.41, 5.74) is 1.63. The molecule has 0 spiro atoms. The first kappa shape index (κ1) is 37.6. The van der Waals surface area contributed by atoms with Crippen molar-refractivity contribution in [3.8, 4) is 5.75 Å². The highest BCUT2D eigenvalue weighted by Gasteiger charge is 2.20. The summed E-state index contributed by atoms with van der Waals surface area (Å²) in [6.45, 7) is 1.77. The SMILES string of the molecule is COc1cc(N=Nc2ccc3ccccc3c2S(=O)(=O)O)c(C)cc1Cc1nc(SCCCS(=O)(=O)O)nc(SCCCS(=O)(=O)O)n1. The Morgan fingerprint density at radius 1 is 0.771 bits per heavy atom. The van der Waals surface area contributed by atoms with E-state index in [0.29, 0.717) is 49.5 Å². The first-order chi connectivity index (χ1) is 22.5.